The van der Waals surface area contributed by atoms with Crippen LogP contribution in [0.15, 0.2) is 72.3 Å². The number of barbiturate groups is 1. The number of nitrogens with zero attached hydrogens (tertiary/aromatic N) is 1. The zero-order valence-electron chi connectivity index (χ0n) is 20.6. The predicted molar refractivity (Wildman–Crippen MR) is 151 cm³/mol. The number of halogens is 1. The molecule has 4 rings (SSSR count). The first-order chi connectivity index (χ1) is 18.3. The molecule has 0 spiro atoms. The number of rotatable bonds is 8. The van der Waals surface area contributed by atoms with E-state index in [0.717, 1.165) is 10.5 Å². The van der Waals surface area contributed by atoms with Crippen LogP contribution < -0.4 is 25.0 Å². The third-order valence-corrected chi connectivity index (χ3v) is 6.33. The van der Waals surface area contributed by atoms with Crippen LogP contribution in [0.4, 0.5) is 16.2 Å². The second-order valence-corrected chi connectivity index (χ2v) is 9.37. The van der Waals surface area contributed by atoms with Crippen LogP contribution in [0.25, 0.3) is 6.08 Å². The van der Waals surface area contributed by atoms with Gasteiger partial charge in [0.05, 0.1) is 15.9 Å². The number of urea groups is 1. The fourth-order valence-electron chi connectivity index (χ4n) is 3.75. The molecule has 0 bridgehead atoms. The molecule has 0 aliphatic carbocycles. The fourth-order valence-corrected chi connectivity index (χ4v) is 4.53. The molecule has 1 aliphatic rings. The number of anilines is 2. The Hall–Kier alpha value is -4.19. The molecule has 1 saturated heterocycles. The highest BCUT2D eigenvalue weighted by atomic mass is 127. The highest BCUT2D eigenvalue weighted by Crippen LogP contribution is 2.35. The minimum Gasteiger partial charge on any atom is -0.490 e. The van der Waals surface area contributed by atoms with Crippen molar-refractivity contribution in [3.63, 3.8) is 0 Å². The summed E-state index contributed by atoms with van der Waals surface area (Å²) in [6, 6.07) is 18.2. The van der Waals surface area contributed by atoms with Gasteiger partial charge in [-0.15, -0.1) is 0 Å². The molecule has 2 N–H and O–H groups in total. The number of ether oxygens (including phenoxy) is 2. The van der Waals surface area contributed by atoms with Crippen molar-refractivity contribution in [1.82, 2.24) is 5.32 Å². The molecule has 0 atom stereocenters. The Labute approximate surface area is 232 Å². The number of carbonyl (C=O) groups excluding carboxylic acids is 4. The number of aryl methyl sites for hydroxylation is 1. The lowest BCUT2D eigenvalue weighted by Gasteiger charge is -2.26. The molecular formula is C28H24IN3O6. The van der Waals surface area contributed by atoms with Gasteiger partial charge in [0.1, 0.15) is 5.57 Å². The molecule has 0 radical (unpaired) electrons. The van der Waals surface area contributed by atoms with E-state index in [0.29, 0.717) is 38.6 Å². The third kappa shape index (κ3) is 6.02. The summed E-state index contributed by atoms with van der Waals surface area (Å²) in [4.78, 5) is 51.5. The molecule has 0 saturated carbocycles. The first-order valence-corrected chi connectivity index (χ1v) is 12.8. The van der Waals surface area contributed by atoms with Crippen LogP contribution in [0.1, 0.15) is 18.1 Å². The number of benzene rings is 3. The number of hydrogen-bond donors (Lipinski definition) is 2. The molecule has 3 aromatic carbocycles. The second-order valence-electron chi connectivity index (χ2n) is 8.21. The Bertz CT molecular complexity index is 1440. The zero-order chi connectivity index (χ0) is 27.2. The predicted octanol–water partition coefficient (Wildman–Crippen LogP) is 4.68. The number of para-hydroxylation sites is 2. The summed E-state index contributed by atoms with van der Waals surface area (Å²) in [5, 5.41) is 5.02. The molecule has 1 heterocycles. The molecule has 0 unspecified atom stereocenters. The average Bonchev–Trinajstić information content (AvgIpc) is 2.88. The van der Waals surface area contributed by atoms with E-state index >= 15 is 0 Å². The minimum atomic E-state index is -0.819. The summed E-state index contributed by atoms with van der Waals surface area (Å²) in [5.41, 5.74) is 2.23. The van der Waals surface area contributed by atoms with Gasteiger partial charge in [-0.3, -0.25) is 19.7 Å². The Balaban J connectivity index is 1.58. The van der Waals surface area contributed by atoms with Crippen molar-refractivity contribution in [2.75, 3.05) is 23.4 Å². The molecule has 194 valence electrons. The highest BCUT2D eigenvalue weighted by Gasteiger charge is 2.36. The highest BCUT2D eigenvalue weighted by molar-refractivity contribution is 14.1. The fraction of sp³-hybridized carbons (Fsp3) is 0.143. The van der Waals surface area contributed by atoms with Crippen molar-refractivity contribution >= 4 is 63.8 Å². The van der Waals surface area contributed by atoms with E-state index in [1.54, 1.807) is 55.5 Å². The minimum absolute atomic E-state index is 0.210. The number of imide groups is 2. The van der Waals surface area contributed by atoms with Gasteiger partial charge in [0.15, 0.2) is 18.1 Å². The van der Waals surface area contributed by atoms with Gasteiger partial charge >= 0.3 is 6.03 Å². The Morgan fingerprint density at radius 1 is 1.03 bits per heavy atom. The van der Waals surface area contributed by atoms with Crippen LogP contribution in [0.5, 0.6) is 11.5 Å². The van der Waals surface area contributed by atoms with E-state index in [4.69, 9.17) is 9.47 Å². The monoisotopic (exact) mass is 625 g/mol. The summed E-state index contributed by atoms with van der Waals surface area (Å²) < 4.78 is 12.1. The van der Waals surface area contributed by atoms with Crippen LogP contribution in [0.2, 0.25) is 0 Å². The molecule has 1 aliphatic heterocycles. The lowest BCUT2D eigenvalue weighted by atomic mass is 10.1. The smallest absolute Gasteiger partial charge is 0.335 e. The molecule has 38 heavy (non-hydrogen) atoms. The van der Waals surface area contributed by atoms with E-state index in [9.17, 15) is 19.2 Å². The Kier molecular flexibility index (Phi) is 8.41. The summed E-state index contributed by atoms with van der Waals surface area (Å²) in [6.07, 6.45) is 1.39. The Morgan fingerprint density at radius 2 is 1.74 bits per heavy atom. The SMILES string of the molecule is CCOc1cc(/C=C2/C(=O)NC(=O)N(c3ccccc3)C2=O)cc(I)c1OCC(=O)Nc1ccccc1C. The van der Waals surface area contributed by atoms with Gasteiger partial charge < -0.3 is 14.8 Å². The maximum absolute atomic E-state index is 13.1. The third-order valence-electron chi connectivity index (χ3n) is 5.53. The number of carbonyl (C=O) groups is 4. The maximum atomic E-state index is 13.1. The van der Waals surface area contributed by atoms with E-state index in [-0.39, 0.29) is 18.1 Å². The van der Waals surface area contributed by atoms with Gasteiger partial charge in [-0.2, -0.15) is 0 Å². The van der Waals surface area contributed by atoms with Crippen molar-refractivity contribution < 1.29 is 28.7 Å². The van der Waals surface area contributed by atoms with Crippen molar-refractivity contribution in [2.24, 2.45) is 0 Å². The lowest BCUT2D eigenvalue weighted by molar-refractivity contribution is -0.122. The molecule has 9 nitrogen and oxygen atoms in total. The number of nitrogens with one attached hydrogen (secondary N) is 2. The standard InChI is InChI=1S/C28H24IN3O6/c1-3-37-23-15-18(13-20-26(34)31-28(36)32(27(20)35)19-10-5-4-6-11-19)14-21(29)25(23)38-16-24(33)30-22-12-8-7-9-17(22)2/h4-15H,3,16H2,1-2H3,(H,30,33)(H,31,34,36)/b20-13-. The van der Waals surface area contributed by atoms with Crippen LogP contribution in [0.3, 0.4) is 0 Å². The van der Waals surface area contributed by atoms with Crippen LogP contribution in [-0.4, -0.2) is 37.0 Å². The molecule has 5 amide bonds. The van der Waals surface area contributed by atoms with Gasteiger partial charge in [0.25, 0.3) is 17.7 Å². The van der Waals surface area contributed by atoms with E-state index < -0.39 is 17.8 Å². The normalized spacial score (nSPS) is 14.3. The number of hydrogen-bond acceptors (Lipinski definition) is 6. The average molecular weight is 625 g/mol. The summed E-state index contributed by atoms with van der Waals surface area (Å²) >= 11 is 2.03. The van der Waals surface area contributed by atoms with Crippen molar-refractivity contribution in [3.8, 4) is 11.5 Å². The van der Waals surface area contributed by atoms with Crippen LogP contribution in [-0.2, 0) is 14.4 Å². The second kappa shape index (κ2) is 11.9. The summed E-state index contributed by atoms with van der Waals surface area (Å²) in [7, 11) is 0. The van der Waals surface area contributed by atoms with Crippen LogP contribution >= 0.6 is 22.6 Å². The van der Waals surface area contributed by atoms with E-state index in [2.05, 4.69) is 10.6 Å². The first-order valence-electron chi connectivity index (χ1n) is 11.7. The van der Waals surface area contributed by atoms with Crippen molar-refractivity contribution in [1.29, 1.82) is 0 Å². The van der Waals surface area contributed by atoms with Crippen molar-refractivity contribution in [2.45, 2.75) is 13.8 Å². The first kappa shape index (κ1) is 26.9. The topological polar surface area (TPSA) is 114 Å². The number of amides is 5. The largest absolute Gasteiger partial charge is 0.490 e. The van der Waals surface area contributed by atoms with Crippen molar-refractivity contribution in [3.05, 3.63) is 87.0 Å². The Morgan fingerprint density at radius 3 is 2.45 bits per heavy atom. The molecule has 1 fully saturated rings. The maximum Gasteiger partial charge on any atom is 0.335 e. The van der Waals surface area contributed by atoms with Gasteiger partial charge in [-0.1, -0.05) is 36.4 Å². The van der Waals surface area contributed by atoms with Gasteiger partial charge in [0.2, 0.25) is 0 Å². The quantitative estimate of drug-likeness (QED) is 0.214. The van der Waals surface area contributed by atoms with E-state index in [1.165, 1.54) is 6.08 Å². The van der Waals surface area contributed by atoms with Gasteiger partial charge in [-0.05, 0) is 84.0 Å². The molecule has 3 aromatic rings. The molecule has 10 heteroatoms. The molecule has 0 aromatic heterocycles. The summed E-state index contributed by atoms with van der Waals surface area (Å²) in [5.74, 6) is -1.18. The zero-order valence-corrected chi connectivity index (χ0v) is 22.8. The lowest BCUT2D eigenvalue weighted by Crippen LogP contribution is -2.54. The molecular weight excluding hydrogens is 601 g/mol. The van der Waals surface area contributed by atoms with Crippen LogP contribution in [0, 0.1) is 10.5 Å². The van der Waals surface area contributed by atoms with Gasteiger partial charge in [0, 0.05) is 5.69 Å². The van der Waals surface area contributed by atoms with E-state index in [1.807, 2.05) is 47.7 Å². The summed E-state index contributed by atoms with van der Waals surface area (Å²) in [6.45, 7) is 3.76. The van der Waals surface area contributed by atoms with Gasteiger partial charge in [-0.25, -0.2) is 9.69 Å².